The highest BCUT2D eigenvalue weighted by molar-refractivity contribution is 14.1. The number of anilines is 1. The fraction of sp³-hybridized carbons (Fsp3) is 0.750. The van der Waals surface area contributed by atoms with Crippen molar-refractivity contribution in [3.63, 3.8) is 0 Å². The molecule has 2 rings (SSSR count). The van der Waals surface area contributed by atoms with Gasteiger partial charge in [-0.3, -0.25) is 0 Å². The Morgan fingerprint density at radius 2 is 1.75 bits per heavy atom. The van der Waals surface area contributed by atoms with Crippen LogP contribution < -0.4 is 5.73 Å². The third kappa shape index (κ3) is 3.43. The molecule has 1 saturated carbocycles. The molecule has 0 atom stereocenters. The van der Waals surface area contributed by atoms with Crippen LogP contribution in [0.4, 0.5) is 5.82 Å². The maximum absolute atomic E-state index is 6.12. The first-order chi connectivity index (χ1) is 9.32. The fourth-order valence-corrected chi connectivity index (χ4v) is 4.04. The van der Waals surface area contributed by atoms with Gasteiger partial charge in [0, 0.05) is 11.3 Å². The number of hydrogen-bond acceptors (Lipinski definition) is 3. The van der Waals surface area contributed by atoms with Crippen molar-refractivity contribution in [1.29, 1.82) is 0 Å². The summed E-state index contributed by atoms with van der Waals surface area (Å²) in [4.78, 5) is 9.46. The molecule has 1 aliphatic carbocycles. The van der Waals surface area contributed by atoms with Crippen LogP contribution in [0, 0.1) is 9.49 Å². The average Bonchev–Trinajstić information content (AvgIpc) is 2.40. The second kappa shape index (κ2) is 6.16. The van der Waals surface area contributed by atoms with Gasteiger partial charge in [-0.25, -0.2) is 9.97 Å². The quantitative estimate of drug-likeness (QED) is 0.752. The lowest BCUT2D eigenvalue weighted by Crippen LogP contribution is -2.22. The molecular formula is C16H26IN3. The average molecular weight is 387 g/mol. The second-order valence-electron chi connectivity index (χ2n) is 7.01. The lowest BCUT2D eigenvalue weighted by Gasteiger charge is -2.28. The van der Waals surface area contributed by atoms with Crippen molar-refractivity contribution in [1.82, 2.24) is 9.97 Å². The fourth-order valence-electron chi connectivity index (χ4n) is 2.99. The Balaban J connectivity index is 2.27. The van der Waals surface area contributed by atoms with Crippen LogP contribution in [0.1, 0.15) is 77.2 Å². The van der Waals surface area contributed by atoms with Gasteiger partial charge in [0.05, 0.1) is 9.26 Å². The third-order valence-corrected chi connectivity index (χ3v) is 5.46. The van der Waals surface area contributed by atoms with Gasteiger partial charge in [-0.05, 0) is 54.2 Å². The highest BCUT2D eigenvalue weighted by atomic mass is 127. The van der Waals surface area contributed by atoms with Crippen molar-refractivity contribution < 1.29 is 0 Å². The van der Waals surface area contributed by atoms with Crippen LogP contribution >= 0.6 is 22.6 Å². The molecular weight excluding hydrogens is 361 g/mol. The Bertz CT molecular complexity index is 471. The van der Waals surface area contributed by atoms with Gasteiger partial charge in [-0.15, -0.1) is 0 Å². The van der Waals surface area contributed by atoms with E-state index in [9.17, 15) is 0 Å². The number of hydrogen-bond donors (Lipinski definition) is 1. The molecule has 3 nitrogen and oxygen atoms in total. The lowest BCUT2D eigenvalue weighted by molar-refractivity contribution is 0.311. The minimum atomic E-state index is 0.0168. The number of halogens is 1. The standard InChI is InChI=1S/C16H26IN3/c1-5-10-6-8-11(9-7-10)15-19-13(16(2,3)4)12(17)14(18)20-15/h10-11H,5-9H2,1-4H3,(H2,18,19,20). The maximum atomic E-state index is 6.12. The Morgan fingerprint density at radius 3 is 2.25 bits per heavy atom. The second-order valence-corrected chi connectivity index (χ2v) is 8.08. The molecule has 1 aromatic heterocycles. The smallest absolute Gasteiger partial charge is 0.140 e. The summed E-state index contributed by atoms with van der Waals surface area (Å²) in [6, 6.07) is 0. The summed E-state index contributed by atoms with van der Waals surface area (Å²) < 4.78 is 1.01. The highest BCUT2D eigenvalue weighted by Gasteiger charge is 2.27. The monoisotopic (exact) mass is 387 g/mol. The van der Waals surface area contributed by atoms with E-state index in [1.54, 1.807) is 0 Å². The van der Waals surface area contributed by atoms with Crippen LogP contribution in [0.2, 0.25) is 0 Å². The van der Waals surface area contributed by atoms with Crippen molar-refractivity contribution in [3.05, 3.63) is 15.1 Å². The van der Waals surface area contributed by atoms with E-state index in [2.05, 4.69) is 55.3 Å². The van der Waals surface area contributed by atoms with Crippen LogP contribution in [0.3, 0.4) is 0 Å². The van der Waals surface area contributed by atoms with Crippen molar-refractivity contribution in [2.45, 2.75) is 71.1 Å². The van der Waals surface area contributed by atoms with Gasteiger partial charge in [-0.2, -0.15) is 0 Å². The van der Waals surface area contributed by atoms with Crippen molar-refractivity contribution >= 4 is 28.4 Å². The van der Waals surface area contributed by atoms with Gasteiger partial charge in [0.15, 0.2) is 0 Å². The zero-order chi connectivity index (χ0) is 14.9. The molecule has 1 aliphatic rings. The summed E-state index contributed by atoms with van der Waals surface area (Å²) in [6.45, 7) is 8.86. The van der Waals surface area contributed by atoms with Crippen LogP contribution in [0.5, 0.6) is 0 Å². The van der Waals surface area contributed by atoms with Crippen LogP contribution in [-0.4, -0.2) is 9.97 Å². The summed E-state index contributed by atoms with van der Waals surface area (Å²) in [7, 11) is 0. The lowest BCUT2D eigenvalue weighted by atomic mass is 9.80. The summed E-state index contributed by atoms with van der Waals surface area (Å²) in [5.74, 6) is 3.02. The molecule has 1 heterocycles. The molecule has 0 bridgehead atoms. The first-order valence-electron chi connectivity index (χ1n) is 7.66. The summed E-state index contributed by atoms with van der Waals surface area (Å²) in [5.41, 5.74) is 7.23. The first kappa shape index (κ1) is 16.0. The van der Waals surface area contributed by atoms with Gasteiger partial charge in [0.1, 0.15) is 11.6 Å². The maximum Gasteiger partial charge on any atom is 0.140 e. The molecule has 0 amide bonds. The first-order valence-corrected chi connectivity index (χ1v) is 8.74. The third-order valence-electron chi connectivity index (χ3n) is 4.39. The van der Waals surface area contributed by atoms with Crippen LogP contribution in [0.15, 0.2) is 0 Å². The zero-order valence-corrected chi connectivity index (χ0v) is 15.2. The molecule has 0 radical (unpaired) electrons. The van der Waals surface area contributed by atoms with Crippen LogP contribution in [-0.2, 0) is 5.41 Å². The minimum absolute atomic E-state index is 0.0168. The van der Waals surface area contributed by atoms with E-state index in [1.165, 1.54) is 32.1 Å². The molecule has 1 aromatic rings. The molecule has 0 spiro atoms. The topological polar surface area (TPSA) is 51.8 Å². The normalized spacial score (nSPS) is 23.9. The molecule has 1 fully saturated rings. The highest BCUT2D eigenvalue weighted by Crippen LogP contribution is 2.37. The van der Waals surface area contributed by atoms with E-state index in [-0.39, 0.29) is 5.41 Å². The zero-order valence-electron chi connectivity index (χ0n) is 13.0. The van der Waals surface area contributed by atoms with Gasteiger partial charge in [0.2, 0.25) is 0 Å². The largest absolute Gasteiger partial charge is 0.383 e. The van der Waals surface area contributed by atoms with Gasteiger partial charge < -0.3 is 5.73 Å². The van der Waals surface area contributed by atoms with Crippen molar-refractivity contribution in [3.8, 4) is 0 Å². The molecule has 0 aromatic carbocycles. The predicted octanol–water partition coefficient (Wildman–Crippen LogP) is 4.64. The van der Waals surface area contributed by atoms with E-state index in [1.807, 2.05) is 0 Å². The van der Waals surface area contributed by atoms with Crippen molar-refractivity contribution in [2.24, 2.45) is 5.92 Å². The Labute approximate surface area is 136 Å². The Hall–Kier alpha value is -0.390. The minimum Gasteiger partial charge on any atom is -0.383 e. The molecule has 0 saturated heterocycles. The molecule has 112 valence electrons. The Kier molecular flexibility index (Phi) is 4.92. The number of aromatic nitrogens is 2. The molecule has 2 N–H and O–H groups in total. The van der Waals surface area contributed by atoms with Crippen LogP contribution in [0.25, 0.3) is 0 Å². The number of nitrogens with zero attached hydrogens (tertiary/aromatic N) is 2. The van der Waals surface area contributed by atoms with Gasteiger partial charge in [-0.1, -0.05) is 34.1 Å². The summed E-state index contributed by atoms with van der Waals surface area (Å²) in [5, 5.41) is 0. The van der Waals surface area contributed by atoms with E-state index in [0.29, 0.717) is 11.7 Å². The predicted molar refractivity (Wildman–Crippen MR) is 92.9 cm³/mol. The molecule has 4 heteroatoms. The Morgan fingerprint density at radius 1 is 1.15 bits per heavy atom. The van der Waals surface area contributed by atoms with E-state index in [0.717, 1.165) is 21.0 Å². The number of nitrogen functional groups attached to an aromatic ring is 1. The van der Waals surface area contributed by atoms with Crippen molar-refractivity contribution in [2.75, 3.05) is 5.73 Å². The number of nitrogens with two attached hydrogens (primary N) is 1. The summed E-state index contributed by atoms with van der Waals surface area (Å²) >= 11 is 2.28. The van der Waals surface area contributed by atoms with Gasteiger partial charge >= 0.3 is 0 Å². The SMILES string of the molecule is CCC1CCC(c2nc(N)c(I)c(C(C)(C)C)n2)CC1. The number of rotatable bonds is 2. The molecule has 20 heavy (non-hydrogen) atoms. The molecule has 0 aliphatic heterocycles. The van der Waals surface area contributed by atoms with E-state index in [4.69, 9.17) is 10.7 Å². The molecule has 0 unspecified atom stereocenters. The summed E-state index contributed by atoms with van der Waals surface area (Å²) in [6.07, 6.45) is 6.34. The van der Waals surface area contributed by atoms with E-state index < -0.39 is 0 Å². The van der Waals surface area contributed by atoms with Gasteiger partial charge in [0.25, 0.3) is 0 Å². The van der Waals surface area contributed by atoms with E-state index >= 15 is 0 Å².